The lowest BCUT2D eigenvalue weighted by atomic mass is 9.95. The van der Waals surface area contributed by atoms with Crippen LogP contribution in [0.15, 0.2) is 36.9 Å². The second-order valence-electron chi connectivity index (χ2n) is 3.51. The molecule has 0 aliphatic carbocycles. The van der Waals surface area contributed by atoms with Gasteiger partial charge in [-0.15, -0.1) is 6.58 Å². The van der Waals surface area contributed by atoms with Crippen molar-refractivity contribution < 1.29 is 4.74 Å². The van der Waals surface area contributed by atoms with Crippen molar-refractivity contribution in [1.82, 2.24) is 0 Å². The summed E-state index contributed by atoms with van der Waals surface area (Å²) in [6, 6.07) is 8.42. The minimum Gasteiger partial charge on any atom is -0.366 e. The minimum absolute atomic E-state index is 0.0833. The quantitative estimate of drug-likeness (QED) is 0.595. The van der Waals surface area contributed by atoms with Crippen LogP contribution in [0.4, 0.5) is 0 Å². The monoisotopic (exact) mass is 174 g/mol. The van der Waals surface area contributed by atoms with Crippen molar-refractivity contribution in [2.75, 3.05) is 0 Å². The van der Waals surface area contributed by atoms with Crippen LogP contribution in [0.3, 0.4) is 0 Å². The van der Waals surface area contributed by atoms with Gasteiger partial charge < -0.3 is 4.74 Å². The molecule has 1 aliphatic rings. The van der Waals surface area contributed by atoms with Crippen molar-refractivity contribution in [1.29, 1.82) is 0 Å². The highest BCUT2D eigenvalue weighted by Crippen LogP contribution is 2.30. The number of rotatable bonds is 1. The second kappa shape index (κ2) is 3.35. The summed E-state index contributed by atoms with van der Waals surface area (Å²) in [6.07, 6.45) is 3.27. The molecule has 0 N–H and O–H groups in total. The molecule has 1 aromatic rings. The van der Waals surface area contributed by atoms with Gasteiger partial charge in [0, 0.05) is 0 Å². The van der Waals surface area contributed by atoms with Gasteiger partial charge in [0.1, 0.15) is 6.10 Å². The maximum atomic E-state index is 5.74. The van der Waals surface area contributed by atoms with E-state index in [1.165, 1.54) is 11.1 Å². The minimum atomic E-state index is 0.0833. The molecule has 0 spiro atoms. The van der Waals surface area contributed by atoms with Crippen LogP contribution in [-0.4, -0.2) is 6.10 Å². The largest absolute Gasteiger partial charge is 0.366 e. The highest BCUT2D eigenvalue weighted by atomic mass is 16.5. The summed E-state index contributed by atoms with van der Waals surface area (Å²) < 4.78 is 5.74. The van der Waals surface area contributed by atoms with Gasteiger partial charge in [-0.05, 0) is 24.5 Å². The summed E-state index contributed by atoms with van der Waals surface area (Å²) in [7, 11) is 0. The van der Waals surface area contributed by atoms with E-state index in [2.05, 4.69) is 37.8 Å². The zero-order chi connectivity index (χ0) is 9.26. The standard InChI is InChI=1S/C12H14O/c1-3-12-11-7-5-4-6-10(11)8-9(2)13-12/h3-7,9,12H,1,8H2,2H3/t9-,12-/m1/s1. The van der Waals surface area contributed by atoms with Crippen LogP contribution >= 0.6 is 0 Å². The van der Waals surface area contributed by atoms with Crippen LogP contribution in [0.1, 0.15) is 24.2 Å². The SMILES string of the molecule is C=C[C@H]1O[C@H](C)Cc2ccccc21. The van der Waals surface area contributed by atoms with Crippen LogP contribution in [0.25, 0.3) is 0 Å². The third-order valence-electron chi connectivity index (χ3n) is 2.46. The molecule has 0 bridgehead atoms. The molecule has 1 heterocycles. The molecule has 68 valence electrons. The molecule has 0 amide bonds. The van der Waals surface area contributed by atoms with Gasteiger partial charge in [-0.1, -0.05) is 30.3 Å². The Morgan fingerprint density at radius 3 is 3.00 bits per heavy atom. The van der Waals surface area contributed by atoms with Gasteiger partial charge in [-0.25, -0.2) is 0 Å². The summed E-state index contributed by atoms with van der Waals surface area (Å²) in [5.41, 5.74) is 2.67. The lowest BCUT2D eigenvalue weighted by Crippen LogP contribution is -2.22. The Balaban J connectivity index is 2.42. The van der Waals surface area contributed by atoms with Crippen LogP contribution < -0.4 is 0 Å². The molecule has 0 radical (unpaired) electrons. The normalized spacial score (nSPS) is 26.5. The predicted octanol–water partition coefficient (Wildman–Crippen LogP) is 2.87. The fraction of sp³-hybridized carbons (Fsp3) is 0.333. The summed E-state index contributed by atoms with van der Waals surface area (Å²) in [4.78, 5) is 0. The summed E-state index contributed by atoms with van der Waals surface area (Å²) >= 11 is 0. The van der Waals surface area contributed by atoms with Crippen molar-refractivity contribution in [3.8, 4) is 0 Å². The van der Waals surface area contributed by atoms with Gasteiger partial charge in [0.25, 0.3) is 0 Å². The number of hydrogen-bond donors (Lipinski definition) is 0. The van der Waals surface area contributed by atoms with Gasteiger partial charge in [-0.2, -0.15) is 0 Å². The Morgan fingerprint density at radius 1 is 1.46 bits per heavy atom. The molecule has 0 fully saturated rings. The van der Waals surface area contributed by atoms with Gasteiger partial charge >= 0.3 is 0 Å². The van der Waals surface area contributed by atoms with Crippen molar-refractivity contribution in [3.05, 3.63) is 48.0 Å². The number of fused-ring (bicyclic) bond motifs is 1. The number of hydrogen-bond acceptors (Lipinski definition) is 1. The zero-order valence-electron chi connectivity index (χ0n) is 7.86. The number of ether oxygens (including phenoxy) is 1. The maximum Gasteiger partial charge on any atom is 0.101 e. The van der Waals surface area contributed by atoms with E-state index in [1.54, 1.807) is 0 Å². The molecule has 0 saturated heterocycles. The third-order valence-corrected chi connectivity index (χ3v) is 2.46. The summed E-state index contributed by atoms with van der Waals surface area (Å²) in [6.45, 7) is 5.90. The number of benzene rings is 1. The Bertz CT molecular complexity index is 317. The molecule has 1 nitrogen and oxygen atoms in total. The van der Waals surface area contributed by atoms with E-state index in [1.807, 2.05) is 6.08 Å². The van der Waals surface area contributed by atoms with E-state index in [4.69, 9.17) is 4.74 Å². The summed E-state index contributed by atoms with van der Waals surface area (Å²) in [5, 5.41) is 0. The smallest absolute Gasteiger partial charge is 0.101 e. The lowest BCUT2D eigenvalue weighted by molar-refractivity contribution is 0.0116. The molecule has 2 rings (SSSR count). The van der Waals surface area contributed by atoms with Crippen LogP contribution in [0, 0.1) is 0 Å². The van der Waals surface area contributed by atoms with Crippen molar-refractivity contribution in [3.63, 3.8) is 0 Å². The lowest BCUT2D eigenvalue weighted by Gasteiger charge is -2.28. The van der Waals surface area contributed by atoms with Crippen molar-refractivity contribution >= 4 is 0 Å². The molecular weight excluding hydrogens is 160 g/mol. The van der Waals surface area contributed by atoms with Crippen LogP contribution in [0.2, 0.25) is 0 Å². The first-order chi connectivity index (χ1) is 6.31. The van der Waals surface area contributed by atoms with E-state index >= 15 is 0 Å². The molecule has 1 heteroatoms. The van der Waals surface area contributed by atoms with E-state index in [0.29, 0.717) is 6.10 Å². The van der Waals surface area contributed by atoms with Gasteiger partial charge in [0.2, 0.25) is 0 Å². The Morgan fingerprint density at radius 2 is 2.23 bits per heavy atom. The van der Waals surface area contributed by atoms with Gasteiger partial charge in [-0.3, -0.25) is 0 Å². The molecule has 0 unspecified atom stereocenters. The van der Waals surface area contributed by atoms with E-state index < -0.39 is 0 Å². The topological polar surface area (TPSA) is 9.23 Å². The average Bonchev–Trinajstić information content (AvgIpc) is 2.16. The van der Waals surface area contributed by atoms with Gasteiger partial charge in [0.15, 0.2) is 0 Å². The van der Waals surface area contributed by atoms with Crippen molar-refractivity contribution in [2.24, 2.45) is 0 Å². The van der Waals surface area contributed by atoms with Crippen molar-refractivity contribution in [2.45, 2.75) is 25.6 Å². The van der Waals surface area contributed by atoms with E-state index in [9.17, 15) is 0 Å². The Kier molecular flexibility index (Phi) is 2.19. The maximum absolute atomic E-state index is 5.74. The molecular formula is C12H14O. The average molecular weight is 174 g/mol. The molecule has 0 aromatic heterocycles. The van der Waals surface area contributed by atoms with E-state index in [0.717, 1.165) is 6.42 Å². The highest BCUT2D eigenvalue weighted by Gasteiger charge is 2.21. The van der Waals surface area contributed by atoms with Crippen LogP contribution in [-0.2, 0) is 11.2 Å². The zero-order valence-corrected chi connectivity index (χ0v) is 7.86. The van der Waals surface area contributed by atoms with Gasteiger partial charge in [0.05, 0.1) is 6.10 Å². The first-order valence-corrected chi connectivity index (χ1v) is 4.67. The first-order valence-electron chi connectivity index (χ1n) is 4.67. The molecule has 1 aliphatic heterocycles. The molecule has 2 atom stereocenters. The fourth-order valence-electron chi connectivity index (χ4n) is 1.86. The molecule has 0 saturated carbocycles. The second-order valence-corrected chi connectivity index (χ2v) is 3.51. The predicted molar refractivity (Wildman–Crippen MR) is 53.6 cm³/mol. The Hall–Kier alpha value is -1.08. The summed E-state index contributed by atoms with van der Waals surface area (Å²) in [5.74, 6) is 0. The first kappa shape index (κ1) is 8.52. The highest BCUT2D eigenvalue weighted by molar-refractivity contribution is 5.33. The molecule has 1 aromatic carbocycles. The fourth-order valence-corrected chi connectivity index (χ4v) is 1.86. The van der Waals surface area contributed by atoms with Crippen LogP contribution in [0.5, 0.6) is 0 Å². The third kappa shape index (κ3) is 1.52. The van der Waals surface area contributed by atoms with E-state index in [-0.39, 0.29) is 6.10 Å². The molecule has 13 heavy (non-hydrogen) atoms. The Labute approximate surface area is 79.0 Å².